The summed E-state index contributed by atoms with van der Waals surface area (Å²) in [4.78, 5) is 102. The van der Waals surface area contributed by atoms with Crippen molar-refractivity contribution in [1.82, 2.24) is 48.4 Å². The van der Waals surface area contributed by atoms with E-state index in [1.165, 1.54) is 86.6 Å². The maximum atomic E-state index is 12.9. The lowest BCUT2D eigenvalue weighted by molar-refractivity contribution is -0.144. The van der Waals surface area contributed by atoms with Crippen LogP contribution in [-0.4, -0.2) is 138 Å². The molecule has 6 rings (SSSR count). The highest BCUT2D eigenvalue weighted by Crippen LogP contribution is 2.28. The summed E-state index contributed by atoms with van der Waals surface area (Å²) in [5, 5.41) is 12.3. The zero-order valence-electron chi connectivity index (χ0n) is 43.6. The normalized spacial score (nSPS) is 11.2. The molecular formula is C45H42ClF7N12O17S2. The summed E-state index contributed by atoms with van der Waals surface area (Å²) < 4.78 is 164. The number of halogens is 8. The number of carbonyl (C=O) groups excluding carboxylic acids is 4. The molecule has 0 fully saturated rings. The van der Waals surface area contributed by atoms with E-state index in [1.807, 2.05) is 0 Å². The third kappa shape index (κ3) is 18.4. The summed E-state index contributed by atoms with van der Waals surface area (Å²) in [6.45, 7) is -3.58. The first-order valence-corrected chi connectivity index (χ1v) is 25.8. The molecule has 0 aliphatic carbocycles. The number of benzene rings is 2. The standard InChI is InChI=1S/C16H14ClF3N2O4.C15H18N6O6S.C14H10F4N4O7S/c1-8(2)26-14(24)10-6-9(4-5-11(10)17)22-13(23)7-12(16(18,19)20)21(3)15(22)25;1-21(2)13(22)9-6-5-7-16-12(9)28(24,25)20-15(23)19-14-17-10(26-3)8-11(18-14)27-4;15-11(16)28-8-5-9(29-12(17)18)20-13(19-8)21-14(25)22-30(26,27)7-4-2-1-3-6(7)10(23)24/h4-8H,1-3H3;5-8H,1-4H3,(H2,17,18,19,20,23);1-5,11-12H,(H,23,24)(H2,19,20,21,22,25). The molecule has 29 nitrogen and oxygen atoms in total. The highest BCUT2D eigenvalue weighted by molar-refractivity contribution is 7.90. The molecule has 0 saturated carbocycles. The van der Waals surface area contributed by atoms with Crippen LogP contribution in [-0.2, 0) is 38.0 Å². The first kappa shape index (κ1) is 66.8. The number of nitrogens with one attached hydrogen (secondary N) is 4. The Morgan fingerprint density at radius 3 is 1.69 bits per heavy atom. The molecule has 6 aromatic rings. The molecule has 4 heterocycles. The molecule has 0 saturated heterocycles. The summed E-state index contributed by atoms with van der Waals surface area (Å²) in [5.74, 6) is -5.90. The molecule has 5 N–H and O–H groups in total. The maximum absolute atomic E-state index is 12.9. The van der Waals surface area contributed by atoms with E-state index in [9.17, 15) is 81.1 Å². The second kappa shape index (κ2) is 28.3. The van der Waals surface area contributed by atoms with E-state index < -0.39 is 126 Å². The lowest BCUT2D eigenvalue weighted by Crippen LogP contribution is -2.40. The molecule has 0 bridgehead atoms. The molecule has 0 atom stereocenters. The molecule has 0 aliphatic rings. The van der Waals surface area contributed by atoms with Gasteiger partial charge in [0.25, 0.3) is 31.5 Å². The third-order valence-corrected chi connectivity index (χ3v) is 12.6. The van der Waals surface area contributed by atoms with E-state index in [0.29, 0.717) is 21.3 Å². The number of aromatic nitrogens is 7. The zero-order chi connectivity index (χ0) is 63.2. The van der Waals surface area contributed by atoms with Gasteiger partial charge < -0.3 is 33.7 Å². The van der Waals surface area contributed by atoms with Crippen molar-refractivity contribution in [3.05, 3.63) is 127 Å². The molecule has 39 heteroatoms. The van der Waals surface area contributed by atoms with Gasteiger partial charge in [0.05, 0.1) is 59.9 Å². The summed E-state index contributed by atoms with van der Waals surface area (Å²) in [5.41, 5.74) is -4.84. The molecular weight excluding hydrogens is 1210 g/mol. The minimum atomic E-state index is -4.86. The Hall–Kier alpha value is -9.72. The van der Waals surface area contributed by atoms with Gasteiger partial charge in [0, 0.05) is 33.4 Å². The number of urea groups is 2. The smallest absolute Gasteiger partial charge is 0.431 e. The molecule has 0 radical (unpaired) electrons. The number of pyridine rings is 1. The topological polar surface area (TPSA) is 380 Å². The average Bonchev–Trinajstić information content (AvgIpc) is 3.18. The highest BCUT2D eigenvalue weighted by atomic mass is 35.5. The van der Waals surface area contributed by atoms with E-state index in [0.717, 1.165) is 25.2 Å². The van der Waals surface area contributed by atoms with Gasteiger partial charge in [0.15, 0.2) is 5.03 Å². The van der Waals surface area contributed by atoms with Gasteiger partial charge in [0.2, 0.25) is 35.4 Å². The minimum Gasteiger partial charge on any atom is -0.481 e. The van der Waals surface area contributed by atoms with E-state index in [4.69, 9.17) is 30.9 Å². The first-order chi connectivity index (χ1) is 39.1. The highest BCUT2D eigenvalue weighted by Gasteiger charge is 2.35. The molecule has 0 spiro atoms. The quantitative estimate of drug-likeness (QED) is 0.0607. The molecule has 84 heavy (non-hydrogen) atoms. The van der Waals surface area contributed by atoms with Crippen LogP contribution in [0.4, 0.5) is 52.2 Å². The number of alkyl halides is 7. The van der Waals surface area contributed by atoms with Crippen molar-refractivity contribution in [1.29, 1.82) is 0 Å². The number of carboxylic acid groups (broad SMARTS) is 1. The van der Waals surface area contributed by atoms with Crippen LogP contribution in [0.15, 0.2) is 98.5 Å². The lowest BCUT2D eigenvalue weighted by atomic mass is 10.2. The molecule has 2 aromatic carbocycles. The van der Waals surface area contributed by atoms with E-state index in [1.54, 1.807) is 23.9 Å². The average molecular weight is 1260 g/mol. The fourth-order valence-corrected chi connectivity index (χ4v) is 8.48. The predicted molar refractivity (Wildman–Crippen MR) is 273 cm³/mol. The monoisotopic (exact) mass is 1250 g/mol. The van der Waals surface area contributed by atoms with Gasteiger partial charge in [-0.25, -0.2) is 51.4 Å². The van der Waals surface area contributed by atoms with E-state index >= 15 is 0 Å². The Balaban J connectivity index is 0.000000271. The zero-order valence-corrected chi connectivity index (χ0v) is 46.0. The number of anilines is 2. The molecule has 4 aromatic heterocycles. The number of hydrogen-bond acceptors (Lipinski definition) is 21. The van der Waals surface area contributed by atoms with Crippen LogP contribution < -0.4 is 50.3 Å². The minimum absolute atomic E-state index is 0.0104. The Kier molecular flexibility index (Phi) is 22.5. The number of nitrogens with zero attached hydrogens (tertiary/aromatic N) is 8. The lowest BCUT2D eigenvalue weighted by Gasteiger charge is -2.15. The van der Waals surface area contributed by atoms with Crippen LogP contribution in [0.1, 0.15) is 50.6 Å². The van der Waals surface area contributed by atoms with Gasteiger partial charge in [-0.05, 0) is 56.3 Å². The fraction of sp³-hybridized carbons (Fsp3) is 0.244. The van der Waals surface area contributed by atoms with Gasteiger partial charge in [0.1, 0.15) is 10.6 Å². The number of aromatic carboxylic acids is 1. The van der Waals surface area contributed by atoms with Crippen molar-refractivity contribution in [2.75, 3.05) is 38.9 Å². The number of sulfonamides is 2. The molecule has 0 aliphatic heterocycles. The van der Waals surface area contributed by atoms with Crippen LogP contribution in [0.5, 0.6) is 23.5 Å². The predicted octanol–water partition coefficient (Wildman–Crippen LogP) is 4.76. The number of carboxylic acids is 1. The largest absolute Gasteiger partial charge is 0.481 e. The summed E-state index contributed by atoms with van der Waals surface area (Å²) in [6.07, 6.45) is -4.11. The van der Waals surface area contributed by atoms with Crippen molar-refractivity contribution in [2.45, 2.75) is 49.3 Å². The van der Waals surface area contributed by atoms with E-state index in [-0.39, 0.29) is 39.5 Å². The van der Waals surface area contributed by atoms with Crippen LogP contribution in [0.25, 0.3) is 5.69 Å². The number of hydrogen-bond donors (Lipinski definition) is 5. The second-order valence-corrected chi connectivity index (χ2v) is 19.7. The second-order valence-electron chi connectivity index (χ2n) is 16.0. The SMILES string of the molecule is CC(C)OC(=O)c1cc(-n2c(=O)cc(C(F)(F)F)n(C)c2=O)ccc1Cl.COc1cc(OC)nc(NC(=O)NS(=O)(=O)c2ncccc2C(=O)N(C)C)n1.O=C(Nc1nc(OC(F)F)cc(OC(F)F)n1)NS(=O)(=O)c1ccccc1C(=O)O. The van der Waals surface area contributed by atoms with Crippen LogP contribution in [0, 0.1) is 0 Å². The Morgan fingerprint density at radius 1 is 0.702 bits per heavy atom. The van der Waals surface area contributed by atoms with Crippen molar-refractivity contribution in [3.8, 4) is 29.2 Å². The fourth-order valence-electron chi connectivity index (χ4n) is 6.14. The van der Waals surface area contributed by atoms with Crippen molar-refractivity contribution in [3.63, 3.8) is 0 Å². The van der Waals surface area contributed by atoms with Gasteiger partial charge in [-0.1, -0.05) is 23.7 Å². The third-order valence-electron chi connectivity index (χ3n) is 9.55. The van der Waals surface area contributed by atoms with Gasteiger partial charge in [-0.2, -0.15) is 59.1 Å². The van der Waals surface area contributed by atoms with Gasteiger partial charge in [-0.3, -0.25) is 24.8 Å². The summed E-state index contributed by atoms with van der Waals surface area (Å²) in [7, 11) is -2.67. The molecule has 5 amide bonds. The van der Waals surface area contributed by atoms with Crippen molar-refractivity contribution in [2.24, 2.45) is 7.05 Å². The molecule has 0 unspecified atom stereocenters. The number of methoxy groups -OCH3 is 2. The Labute approximate surface area is 472 Å². The van der Waals surface area contributed by atoms with Crippen LogP contribution in [0.3, 0.4) is 0 Å². The first-order valence-electron chi connectivity index (χ1n) is 22.4. The maximum Gasteiger partial charge on any atom is 0.431 e. The Morgan fingerprint density at radius 2 is 1.20 bits per heavy atom. The van der Waals surface area contributed by atoms with Gasteiger partial charge >= 0.3 is 49.1 Å². The number of carbonyl (C=O) groups is 5. The summed E-state index contributed by atoms with van der Waals surface area (Å²) in [6, 6.07) is 10.0. The Bertz CT molecular complexity index is 3750. The van der Waals surface area contributed by atoms with Crippen molar-refractivity contribution < 1.29 is 100 Å². The van der Waals surface area contributed by atoms with Crippen molar-refractivity contribution >= 4 is 73.5 Å². The number of ether oxygens (including phenoxy) is 5. The molecule has 452 valence electrons. The number of amides is 5. The number of rotatable bonds is 17. The number of esters is 1. The summed E-state index contributed by atoms with van der Waals surface area (Å²) >= 11 is 5.94. The van der Waals surface area contributed by atoms with Crippen LogP contribution >= 0.6 is 11.6 Å². The van der Waals surface area contributed by atoms with E-state index in [2.05, 4.69) is 39.7 Å². The van der Waals surface area contributed by atoms with Crippen LogP contribution in [0.2, 0.25) is 5.02 Å². The van der Waals surface area contributed by atoms with Gasteiger partial charge in [-0.15, -0.1) is 0 Å².